The number of hydrogen-bond donors (Lipinski definition) is 1. The zero-order chi connectivity index (χ0) is 15.2. The smallest absolute Gasteiger partial charge is 0.339 e. The number of benzene rings is 1. The molecule has 0 spiro atoms. The maximum atomic E-state index is 11.2. The topological polar surface area (TPSA) is 62.7 Å². The molecule has 0 bridgehead atoms. The quantitative estimate of drug-likeness (QED) is 0.883. The molecule has 0 fully saturated rings. The normalized spacial score (nSPS) is 10.6. The molecule has 1 heterocycles. The molecule has 110 valence electrons. The summed E-state index contributed by atoms with van der Waals surface area (Å²) in [5.74, 6) is -0.607. The molecule has 0 aliphatic carbocycles. The van der Waals surface area contributed by atoms with Crippen molar-refractivity contribution >= 4 is 5.97 Å². The van der Waals surface area contributed by atoms with Crippen molar-refractivity contribution in [2.45, 2.75) is 13.1 Å². The highest BCUT2D eigenvalue weighted by Gasteiger charge is 2.12. The van der Waals surface area contributed by atoms with Crippen LogP contribution in [-0.4, -0.2) is 35.1 Å². The van der Waals surface area contributed by atoms with Crippen LogP contribution in [-0.2, 0) is 13.1 Å². The summed E-state index contributed by atoms with van der Waals surface area (Å²) < 4.78 is 5.06. The average Bonchev–Trinajstić information content (AvgIpc) is 2.48. The van der Waals surface area contributed by atoms with Gasteiger partial charge in [0.1, 0.15) is 11.3 Å². The van der Waals surface area contributed by atoms with Gasteiger partial charge in [0.2, 0.25) is 0 Å². The van der Waals surface area contributed by atoms with Gasteiger partial charge in [-0.15, -0.1) is 0 Å². The molecule has 0 radical (unpaired) electrons. The molecule has 1 aromatic carbocycles. The lowest BCUT2D eigenvalue weighted by Gasteiger charge is -2.17. The van der Waals surface area contributed by atoms with E-state index in [2.05, 4.69) is 9.88 Å². The molecule has 2 aromatic rings. The van der Waals surface area contributed by atoms with Gasteiger partial charge < -0.3 is 9.84 Å². The number of carbonyl (C=O) groups is 1. The Morgan fingerprint density at radius 3 is 2.67 bits per heavy atom. The van der Waals surface area contributed by atoms with E-state index in [-0.39, 0.29) is 5.56 Å². The van der Waals surface area contributed by atoms with Gasteiger partial charge in [-0.2, -0.15) is 0 Å². The molecule has 0 saturated carbocycles. The Morgan fingerprint density at radius 1 is 1.29 bits per heavy atom. The van der Waals surface area contributed by atoms with Gasteiger partial charge in [0.05, 0.1) is 7.11 Å². The Kier molecular flexibility index (Phi) is 4.90. The first-order chi connectivity index (χ1) is 10.1. The third-order valence-corrected chi connectivity index (χ3v) is 3.12. The Labute approximate surface area is 123 Å². The Morgan fingerprint density at radius 2 is 2.05 bits per heavy atom. The van der Waals surface area contributed by atoms with E-state index >= 15 is 0 Å². The summed E-state index contributed by atoms with van der Waals surface area (Å²) in [6, 6.07) is 9.14. The van der Waals surface area contributed by atoms with E-state index in [4.69, 9.17) is 4.74 Å². The zero-order valence-corrected chi connectivity index (χ0v) is 12.1. The van der Waals surface area contributed by atoms with Gasteiger partial charge in [0.15, 0.2) is 0 Å². The van der Waals surface area contributed by atoms with E-state index in [0.29, 0.717) is 12.3 Å². The summed E-state index contributed by atoms with van der Waals surface area (Å²) >= 11 is 0. The van der Waals surface area contributed by atoms with Crippen LogP contribution in [0, 0.1) is 0 Å². The molecule has 0 aliphatic heterocycles. The Balaban J connectivity index is 2.09. The average molecular weight is 286 g/mol. The van der Waals surface area contributed by atoms with Crippen LogP contribution in [0.1, 0.15) is 21.5 Å². The number of pyridine rings is 1. The van der Waals surface area contributed by atoms with Crippen molar-refractivity contribution < 1.29 is 14.6 Å². The number of aromatic carboxylic acids is 1. The summed E-state index contributed by atoms with van der Waals surface area (Å²) in [5, 5.41) is 9.19. The molecule has 2 rings (SSSR count). The maximum Gasteiger partial charge on any atom is 0.339 e. The minimum atomic E-state index is -0.983. The molecule has 0 unspecified atom stereocenters. The van der Waals surface area contributed by atoms with Crippen LogP contribution in [0.25, 0.3) is 0 Å². The van der Waals surface area contributed by atoms with Gasteiger partial charge in [0.25, 0.3) is 0 Å². The SMILES string of the molecule is COc1ccc(CN(C)Cc2cccnc2)cc1C(=O)O. The molecule has 1 N–H and O–H groups in total. The van der Waals surface area contributed by atoms with Crippen LogP contribution in [0.2, 0.25) is 0 Å². The first kappa shape index (κ1) is 15.0. The standard InChI is InChI=1S/C16H18N2O3/c1-18(11-13-4-3-7-17-9-13)10-12-5-6-15(21-2)14(8-12)16(19)20/h3-9H,10-11H2,1-2H3,(H,19,20). The lowest BCUT2D eigenvalue weighted by atomic mass is 10.1. The van der Waals surface area contributed by atoms with Crippen LogP contribution in [0.15, 0.2) is 42.7 Å². The van der Waals surface area contributed by atoms with Crippen LogP contribution in [0.3, 0.4) is 0 Å². The minimum absolute atomic E-state index is 0.185. The fourth-order valence-electron chi connectivity index (χ4n) is 2.19. The summed E-state index contributed by atoms with van der Waals surface area (Å²) in [6.45, 7) is 1.40. The number of ether oxygens (including phenoxy) is 1. The van der Waals surface area contributed by atoms with Crippen molar-refractivity contribution in [3.05, 3.63) is 59.4 Å². The number of methoxy groups -OCH3 is 1. The molecule has 0 atom stereocenters. The van der Waals surface area contributed by atoms with E-state index in [1.165, 1.54) is 7.11 Å². The van der Waals surface area contributed by atoms with E-state index in [0.717, 1.165) is 17.7 Å². The monoisotopic (exact) mass is 286 g/mol. The zero-order valence-electron chi connectivity index (χ0n) is 12.1. The van der Waals surface area contributed by atoms with Crippen molar-refractivity contribution in [3.63, 3.8) is 0 Å². The second kappa shape index (κ2) is 6.85. The van der Waals surface area contributed by atoms with E-state index in [1.54, 1.807) is 18.3 Å². The van der Waals surface area contributed by atoms with E-state index in [1.807, 2.05) is 31.4 Å². The van der Waals surface area contributed by atoms with Crippen molar-refractivity contribution in [1.29, 1.82) is 0 Å². The summed E-state index contributed by atoms with van der Waals surface area (Å²) in [4.78, 5) is 17.4. The Bertz CT molecular complexity index is 614. The fourth-order valence-corrected chi connectivity index (χ4v) is 2.19. The highest BCUT2D eigenvalue weighted by Crippen LogP contribution is 2.20. The van der Waals surface area contributed by atoms with Gasteiger partial charge in [-0.1, -0.05) is 12.1 Å². The molecule has 0 amide bonds. The van der Waals surface area contributed by atoms with Gasteiger partial charge in [-0.25, -0.2) is 4.79 Å². The van der Waals surface area contributed by atoms with Crippen molar-refractivity contribution in [2.75, 3.05) is 14.2 Å². The van der Waals surface area contributed by atoms with E-state index in [9.17, 15) is 9.90 Å². The predicted molar refractivity (Wildman–Crippen MR) is 79.4 cm³/mol. The van der Waals surface area contributed by atoms with Crippen molar-refractivity contribution in [3.8, 4) is 5.75 Å². The summed E-state index contributed by atoms with van der Waals surface area (Å²) in [6.07, 6.45) is 3.57. The van der Waals surface area contributed by atoms with Gasteiger partial charge >= 0.3 is 5.97 Å². The third-order valence-electron chi connectivity index (χ3n) is 3.12. The lowest BCUT2D eigenvalue weighted by Crippen LogP contribution is -2.17. The number of hydrogen-bond acceptors (Lipinski definition) is 4. The molecule has 5 nitrogen and oxygen atoms in total. The molecule has 21 heavy (non-hydrogen) atoms. The minimum Gasteiger partial charge on any atom is -0.496 e. The summed E-state index contributed by atoms with van der Waals surface area (Å²) in [5.41, 5.74) is 2.23. The predicted octanol–water partition coefficient (Wildman–Crippen LogP) is 2.42. The Hall–Kier alpha value is -2.40. The number of aromatic nitrogens is 1. The number of carboxylic acids is 1. The largest absolute Gasteiger partial charge is 0.496 e. The number of nitrogens with zero attached hydrogens (tertiary/aromatic N) is 2. The maximum absolute atomic E-state index is 11.2. The highest BCUT2D eigenvalue weighted by atomic mass is 16.5. The summed E-state index contributed by atoms with van der Waals surface area (Å²) in [7, 11) is 3.45. The third kappa shape index (κ3) is 4.03. The first-order valence-electron chi connectivity index (χ1n) is 6.58. The first-order valence-corrected chi connectivity index (χ1v) is 6.58. The molecular formula is C16H18N2O3. The fraction of sp³-hybridized carbons (Fsp3) is 0.250. The van der Waals surface area contributed by atoms with Crippen LogP contribution < -0.4 is 4.74 Å². The van der Waals surface area contributed by atoms with Crippen LogP contribution in [0.5, 0.6) is 5.75 Å². The van der Waals surface area contributed by atoms with Gasteiger partial charge in [-0.3, -0.25) is 9.88 Å². The van der Waals surface area contributed by atoms with Crippen molar-refractivity contribution in [2.24, 2.45) is 0 Å². The number of rotatable bonds is 6. The van der Waals surface area contributed by atoms with Crippen LogP contribution in [0.4, 0.5) is 0 Å². The molecule has 1 aromatic heterocycles. The second-order valence-electron chi connectivity index (χ2n) is 4.87. The molecule has 0 aliphatic rings. The van der Waals surface area contributed by atoms with Gasteiger partial charge in [-0.05, 0) is 36.4 Å². The van der Waals surface area contributed by atoms with Crippen LogP contribution >= 0.6 is 0 Å². The number of carboxylic acid groups (broad SMARTS) is 1. The highest BCUT2D eigenvalue weighted by molar-refractivity contribution is 5.91. The molecule has 0 saturated heterocycles. The second-order valence-corrected chi connectivity index (χ2v) is 4.87. The van der Waals surface area contributed by atoms with Gasteiger partial charge in [0, 0.05) is 25.5 Å². The van der Waals surface area contributed by atoms with Crippen molar-refractivity contribution in [1.82, 2.24) is 9.88 Å². The molecule has 5 heteroatoms. The molecular weight excluding hydrogens is 268 g/mol. The van der Waals surface area contributed by atoms with E-state index < -0.39 is 5.97 Å². The lowest BCUT2D eigenvalue weighted by molar-refractivity contribution is 0.0693.